The van der Waals surface area contributed by atoms with Gasteiger partial charge in [-0.05, 0) is 18.2 Å². The average Bonchev–Trinajstić information content (AvgIpc) is 2.93. The topological polar surface area (TPSA) is 271 Å². The van der Waals surface area contributed by atoms with Gasteiger partial charge in [0.15, 0.2) is 22.5 Å². The standard InChI is InChI=1S/C26H28O15/c27-5-13-18(33)21(36)23(38)26(41-13)15-19(34)14-10(30)4-12(7-1-2-8(28)9(29)3-7)40-24(14)16(20(15)35)25-22(37)17(32)11(31)6-39-25/h1-4,11,13,17-18,21-23,25-29,31-38H,5-6H2. The number of aromatic hydroxyl groups is 4. The Morgan fingerprint density at radius 3 is 2.10 bits per heavy atom. The predicted molar refractivity (Wildman–Crippen MR) is 134 cm³/mol. The lowest BCUT2D eigenvalue weighted by Gasteiger charge is -2.41. The number of hydrogen-bond donors (Lipinski definition) is 11. The Morgan fingerprint density at radius 1 is 0.756 bits per heavy atom. The SMILES string of the molecule is O=c1cc(-c2ccc(O)c(O)c2)oc2c(C3OCC(O)C(O)C3O)c(O)c(C3OC(CO)C(O)C(O)C3O)c(O)c12. The number of phenolic OH excluding ortho intramolecular Hbond substituents is 4. The first-order valence-electron chi connectivity index (χ1n) is 12.4. The first-order valence-corrected chi connectivity index (χ1v) is 12.4. The zero-order valence-electron chi connectivity index (χ0n) is 21.0. The number of aliphatic hydroxyl groups is 7. The van der Waals surface area contributed by atoms with E-state index in [9.17, 15) is 61.0 Å². The molecule has 2 fully saturated rings. The molecule has 2 aliphatic rings. The van der Waals surface area contributed by atoms with Crippen molar-refractivity contribution < 1.29 is 70.1 Å². The maximum Gasteiger partial charge on any atom is 0.197 e. The van der Waals surface area contributed by atoms with E-state index in [1.54, 1.807) is 0 Å². The van der Waals surface area contributed by atoms with Crippen LogP contribution in [0.5, 0.6) is 23.0 Å². The van der Waals surface area contributed by atoms with E-state index in [2.05, 4.69) is 0 Å². The highest BCUT2D eigenvalue weighted by Crippen LogP contribution is 2.50. The molecular weight excluding hydrogens is 552 g/mol. The molecule has 0 amide bonds. The summed E-state index contributed by atoms with van der Waals surface area (Å²) in [5, 5.41) is 113. The molecule has 2 aliphatic heterocycles. The van der Waals surface area contributed by atoms with Gasteiger partial charge in [0.1, 0.15) is 77.6 Å². The lowest BCUT2D eigenvalue weighted by Crippen LogP contribution is -2.55. The molecule has 41 heavy (non-hydrogen) atoms. The molecule has 5 rings (SSSR count). The second kappa shape index (κ2) is 10.7. The fourth-order valence-electron chi connectivity index (χ4n) is 5.16. The summed E-state index contributed by atoms with van der Waals surface area (Å²) in [7, 11) is 0. The maximum atomic E-state index is 13.4. The van der Waals surface area contributed by atoms with Gasteiger partial charge in [-0.2, -0.15) is 0 Å². The first kappa shape index (κ1) is 29.0. The van der Waals surface area contributed by atoms with Crippen molar-refractivity contribution in [2.24, 2.45) is 0 Å². The number of ether oxygens (including phenoxy) is 2. The molecule has 3 aromatic rings. The summed E-state index contributed by atoms with van der Waals surface area (Å²) in [5.41, 5.74) is -2.64. The van der Waals surface area contributed by atoms with Crippen LogP contribution in [0.4, 0.5) is 0 Å². The van der Waals surface area contributed by atoms with Crippen molar-refractivity contribution >= 4 is 11.0 Å². The van der Waals surface area contributed by atoms with Crippen LogP contribution in [0.15, 0.2) is 33.5 Å². The second-order valence-corrected chi connectivity index (χ2v) is 9.96. The zero-order valence-corrected chi connectivity index (χ0v) is 21.0. The number of hydrogen-bond acceptors (Lipinski definition) is 15. The maximum absolute atomic E-state index is 13.4. The summed E-state index contributed by atoms with van der Waals surface area (Å²) in [6.45, 7) is -1.39. The van der Waals surface area contributed by atoms with Crippen molar-refractivity contribution in [3.05, 3.63) is 45.6 Å². The molecule has 9 unspecified atom stereocenters. The number of benzene rings is 2. The molecule has 0 bridgehead atoms. The summed E-state index contributed by atoms with van der Waals surface area (Å²) in [4.78, 5) is 13.4. The Balaban J connectivity index is 1.81. The van der Waals surface area contributed by atoms with E-state index in [4.69, 9.17) is 13.9 Å². The lowest BCUT2D eigenvalue weighted by molar-refractivity contribution is -0.232. The summed E-state index contributed by atoms with van der Waals surface area (Å²) < 4.78 is 16.8. The van der Waals surface area contributed by atoms with Gasteiger partial charge in [0.05, 0.1) is 24.3 Å². The zero-order chi connectivity index (χ0) is 29.9. The lowest BCUT2D eigenvalue weighted by atomic mass is 9.85. The van der Waals surface area contributed by atoms with Crippen LogP contribution in [0, 0.1) is 0 Å². The van der Waals surface area contributed by atoms with Gasteiger partial charge in [-0.25, -0.2) is 0 Å². The Morgan fingerprint density at radius 2 is 1.44 bits per heavy atom. The van der Waals surface area contributed by atoms with Crippen molar-refractivity contribution in [2.75, 3.05) is 13.2 Å². The number of fused-ring (bicyclic) bond motifs is 1. The van der Waals surface area contributed by atoms with Crippen molar-refractivity contribution in [3.8, 4) is 34.3 Å². The summed E-state index contributed by atoms with van der Waals surface area (Å²) in [6.07, 6.45) is -16.0. The molecule has 2 saturated heterocycles. The van der Waals surface area contributed by atoms with Crippen LogP contribution >= 0.6 is 0 Å². The van der Waals surface area contributed by atoms with Gasteiger partial charge in [-0.15, -0.1) is 0 Å². The average molecular weight is 580 g/mol. The van der Waals surface area contributed by atoms with Gasteiger partial charge < -0.3 is 70.1 Å². The number of rotatable bonds is 4. The van der Waals surface area contributed by atoms with Gasteiger partial charge >= 0.3 is 0 Å². The Bertz CT molecular complexity index is 1520. The normalized spacial score (nSPS) is 32.3. The largest absolute Gasteiger partial charge is 0.507 e. The third kappa shape index (κ3) is 4.66. The molecule has 0 radical (unpaired) electrons. The molecule has 9 atom stereocenters. The Labute approximate surface area is 229 Å². The van der Waals surface area contributed by atoms with Crippen LogP contribution in [0.2, 0.25) is 0 Å². The van der Waals surface area contributed by atoms with E-state index in [0.29, 0.717) is 0 Å². The molecule has 0 aliphatic carbocycles. The fraction of sp³-hybridized carbons (Fsp3) is 0.423. The smallest absolute Gasteiger partial charge is 0.197 e. The van der Waals surface area contributed by atoms with E-state index < -0.39 is 119 Å². The molecular formula is C26H28O15. The van der Waals surface area contributed by atoms with Crippen LogP contribution in [0.3, 0.4) is 0 Å². The molecule has 15 nitrogen and oxygen atoms in total. The van der Waals surface area contributed by atoms with E-state index in [1.165, 1.54) is 6.07 Å². The first-order chi connectivity index (χ1) is 19.4. The van der Waals surface area contributed by atoms with Gasteiger partial charge in [0.2, 0.25) is 0 Å². The summed E-state index contributed by atoms with van der Waals surface area (Å²) in [6, 6.07) is 4.36. The Kier molecular flexibility index (Phi) is 7.58. The highest BCUT2D eigenvalue weighted by Gasteiger charge is 2.48. The van der Waals surface area contributed by atoms with Gasteiger partial charge in [0.25, 0.3) is 0 Å². The van der Waals surface area contributed by atoms with Crippen LogP contribution in [-0.4, -0.2) is 112 Å². The summed E-state index contributed by atoms with van der Waals surface area (Å²) >= 11 is 0. The van der Waals surface area contributed by atoms with Crippen LogP contribution in [0.1, 0.15) is 23.3 Å². The van der Waals surface area contributed by atoms with E-state index in [0.717, 1.165) is 18.2 Å². The highest BCUT2D eigenvalue weighted by molar-refractivity contribution is 5.92. The van der Waals surface area contributed by atoms with Gasteiger partial charge in [-0.1, -0.05) is 0 Å². The predicted octanol–water partition coefficient (Wildman–Crippen LogP) is -2.05. The molecule has 0 spiro atoms. The van der Waals surface area contributed by atoms with Crippen molar-refractivity contribution in [1.82, 2.24) is 0 Å². The highest BCUT2D eigenvalue weighted by atomic mass is 16.5. The van der Waals surface area contributed by atoms with E-state index in [1.807, 2.05) is 0 Å². The van der Waals surface area contributed by atoms with Crippen molar-refractivity contribution in [3.63, 3.8) is 0 Å². The number of phenols is 4. The summed E-state index contributed by atoms with van der Waals surface area (Å²) in [5.74, 6) is -3.21. The van der Waals surface area contributed by atoms with Crippen LogP contribution < -0.4 is 5.43 Å². The van der Waals surface area contributed by atoms with Crippen LogP contribution in [-0.2, 0) is 9.47 Å². The quantitative estimate of drug-likeness (QED) is 0.148. The van der Waals surface area contributed by atoms with E-state index in [-0.39, 0.29) is 11.3 Å². The third-order valence-electron chi connectivity index (χ3n) is 7.42. The Hall–Kier alpha value is -3.51. The molecule has 2 aromatic carbocycles. The molecule has 0 saturated carbocycles. The minimum absolute atomic E-state index is 0.0720. The van der Waals surface area contributed by atoms with Gasteiger partial charge in [0, 0.05) is 11.6 Å². The third-order valence-corrected chi connectivity index (χ3v) is 7.42. The number of aliphatic hydroxyl groups excluding tert-OH is 7. The van der Waals surface area contributed by atoms with Crippen LogP contribution in [0.25, 0.3) is 22.3 Å². The van der Waals surface area contributed by atoms with E-state index >= 15 is 0 Å². The van der Waals surface area contributed by atoms with Crippen molar-refractivity contribution in [2.45, 2.75) is 54.9 Å². The minimum atomic E-state index is -2.01. The minimum Gasteiger partial charge on any atom is -0.507 e. The molecule has 15 heteroatoms. The van der Waals surface area contributed by atoms with Gasteiger partial charge in [-0.3, -0.25) is 4.79 Å². The molecule has 3 heterocycles. The fourth-order valence-corrected chi connectivity index (χ4v) is 5.16. The van der Waals surface area contributed by atoms with Crippen molar-refractivity contribution in [1.29, 1.82) is 0 Å². The molecule has 222 valence electrons. The molecule has 11 N–H and O–H groups in total. The second-order valence-electron chi connectivity index (χ2n) is 9.96. The molecule has 1 aromatic heterocycles. The monoisotopic (exact) mass is 580 g/mol.